The van der Waals surface area contributed by atoms with Gasteiger partial charge in [0.2, 0.25) is 0 Å². The molecule has 1 N–H and O–H groups in total. The van der Waals surface area contributed by atoms with Crippen molar-refractivity contribution in [1.29, 1.82) is 0 Å². The van der Waals surface area contributed by atoms with Crippen LogP contribution in [0.15, 0.2) is 0 Å². The number of hydrogen-bond donors (Lipinski definition) is 1. The number of esters is 1. The number of alkyl halides is 2. The Balaban J connectivity index is 4.13. The number of ether oxygens (including phenoxy) is 1. The minimum atomic E-state index is -2.39. The summed E-state index contributed by atoms with van der Waals surface area (Å²) >= 11 is 0. The second-order valence-corrected chi connectivity index (χ2v) is 3.64. The zero-order chi connectivity index (χ0) is 12.6. The molecular weight excluding hydrogens is 218 g/mol. The first-order chi connectivity index (χ1) is 7.51. The van der Waals surface area contributed by atoms with E-state index in [0.717, 1.165) is 6.42 Å². The van der Waals surface area contributed by atoms with Gasteiger partial charge in [0.25, 0.3) is 6.43 Å². The van der Waals surface area contributed by atoms with Crippen LogP contribution in [-0.4, -0.2) is 57.1 Å². The molecule has 0 aromatic heterocycles. The summed E-state index contributed by atoms with van der Waals surface area (Å²) in [5.41, 5.74) is 0. The van der Waals surface area contributed by atoms with Crippen LogP contribution in [-0.2, 0) is 9.53 Å². The van der Waals surface area contributed by atoms with Gasteiger partial charge in [-0.3, -0.25) is 9.69 Å². The fourth-order valence-corrected chi connectivity index (χ4v) is 1.31. The summed E-state index contributed by atoms with van der Waals surface area (Å²) in [6.45, 7) is 2.49. The quantitative estimate of drug-likeness (QED) is 0.633. The average molecular weight is 238 g/mol. The molecule has 0 amide bonds. The molecule has 0 spiro atoms. The van der Waals surface area contributed by atoms with Crippen LogP contribution >= 0.6 is 0 Å². The summed E-state index contributed by atoms with van der Waals surface area (Å²) in [5.74, 6) is -0.422. The second-order valence-electron chi connectivity index (χ2n) is 3.64. The Labute approximate surface area is 94.9 Å². The zero-order valence-electron chi connectivity index (χ0n) is 10.0. The van der Waals surface area contributed by atoms with Crippen LogP contribution < -0.4 is 5.32 Å². The van der Waals surface area contributed by atoms with Gasteiger partial charge in [-0.1, -0.05) is 6.92 Å². The lowest BCUT2D eigenvalue weighted by Gasteiger charge is -2.22. The van der Waals surface area contributed by atoms with Gasteiger partial charge in [-0.05, 0) is 20.0 Å². The van der Waals surface area contributed by atoms with Crippen molar-refractivity contribution in [3.63, 3.8) is 0 Å². The summed E-state index contributed by atoms with van der Waals surface area (Å²) in [4.78, 5) is 12.8. The van der Waals surface area contributed by atoms with E-state index in [1.54, 1.807) is 7.05 Å². The summed E-state index contributed by atoms with van der Waals surface area (Å²) in [6.07, 6.45) is -1.53. The minimum absolute atomic E-state index is 0.219. The van der Waals surface area contributed by atoms with Gasteiger partial charge in [-0.15, -0.1) is 0 Å². The van der Waals surface area contributed by atoms with Gasteiger partial charge in [-0.2, -0.15) is 0 Å². The lowest BCUT2D eigenvalue weighted by Crippen LogP contribution is -2.46. The number of rotatable bonds is 8. The molecule has 6 heteroatoms. The summed E-state index contributed by atoms with van der Waals surface area (Å²) in [5, 5.41) is 2.96. The Morgan fingerprint density at radius 1 is 1.44 bits per heavy atom. The minimum Gasteiger partial charge on any atom is -0.468 e. The number of nitrogens with one attached hydrogen (secondary N) is 1. The molecule has 0 saturated heterocycles. The van der Waals surface area contributed by atoms with Gasteiger partial charge in [0.05, 0.1) is 13.7 Å². The molecule has 0 aliphatic carbocycles. The van der Waals surface area contributed by atoms with Crippen molar-refractivity contribution in [3.05, 3.63) is 0 Å². The van der Waals surface area contributed by atoms with Crippen molar-refractivity contribution in [1.82, 2.24) is 10.2 Å². The molecule has 0 rings (SSSR count). The molecule has 0 heterocycles. The van der Waals surface area contributed by atoms with Crippen LogP contribution in [0.4, 0.5) is 8.78 Å². The SMILES string of the molecule is CCCNC(CN(C)CC(F)F)C(=O)OC. The first-order valence-electron chi connectivity index (χ1n) is 5.29. The number of nitrogens with zero attached hydrogens (tertiary/aromatic N) is 1. The lowest BCUT2D eigenvalue weighted by molar-refractivity contribution is -0.143. The van der Waals surface area contributed by atoms with E-state index in [0.29, 0.717) is 6.54 Å². The monoisotopic (exact) mass is 238 g/mol. The molecule has 96 valence electrons. The Hall–Kier alpha value is -0.750. The van der Waals surface area contributed by atoms with Crippen molar-refractivity contribution in [2.75, 3.05) is 33.8 Å². The standard InChI is InChI=1S/C10H20F2N2O2/c1-4-5-13-8(10(15)16-3)6-14(2)7-9(11)12/h8-9,13H,4-7H2,1-3H3. The maximum Gasteiger partial charge on any atom is 0.324 e. The van der Waals surface area contributed by atoms with Crippen molar-refractivity contribution in [2.24, 2.45) is 0 Å². The Morgan fingerprint density at radius 3 is 2.50 bits per heavy atom. The van der Waals surface area contributed by atoms with E-state index >= 15 is 0 Å². The highest BCUT2D eigenvalue weighted by Crippen LogP contribution is 1.98. The Kier molecular flexibility index (Phi) is 8.01. The summed E-state index contributed by atoms with van der Waals surface area (Å²) in [7, 11) is 2.84. The molecule has 0 bridgehead atoms. The number of carbonyl (C=O) groups excluding carboxylic acids is 1. The molecule has 1 unspecified atom stereocenters. The molecule has 0 aliphatic heterocycles. The molecule has 0 aromatic rings. The molecular formula is C10H20F2N2O2. The van der Waals surface area contributed by atoms with Crippen molar-refractivity contribution >= 4 is 5.97 Å². The maximum absolute atomic E-state index is 12.1. The lowest BCUT2D eigenvalue weighted by atomic mass is 10.2. The highest BCUT2D eigenvalue weighted by molar-refractivity contribution is 5.75. The molecule has 0 saturated carbocycles. The van der Waals surface area contributed by atoms with Crippen LogP contribution in [0.5, 0.6) is 0 Å². The molecule has 16 heavy (non-hydrogen) atoms. The summed E-state index contributed by atoms with van der Waals surface area (Å²) in [6, 6.07) is -0.548. The third-order valence-electron chi connectivity index (χ3n) is 2.07. The Bertz CT molecular complexity index is 203. The molecule has 0 fully saturated rings. The second kappa shape index (κ2) is 8.41. The Morgan fingerprint density at radius 2 is 2.06 bits per heavy atom. The number of likely N-dealkylation sites (N-methyl/N-ethyl adjacent to an activating group) is 1. The molecule has 4 nitrogen and oxygen atoms in total. The normalized spacial score (nSPS) is 13.2. The van der Waals surface area contributed by atoms with E-state index in [1.165, 1.54) is 12.0 Å². The topological polar surface area (TPSA) is 41.6 Å². The largest absolute Gasteiger partial charge is 0.468 e. The van der Waals surface area contributed by atoms with E-state index in [2.05, 4.69) is 10.1 Å². The van der Waals surface area contributed by atoms with Crippen LogP contribution in [0.1, 0.15) is 13.3 Å². The number of halogens is 2. The van der Waals surface area contributed by atoms with Crippen LogP contribution in [0.25, 0.3) is 0 Å². The molecule has 0 aromatic carbocycles. The van der Waals surface area contributed by atoms with E-state index < -0.39 is 18.4 Å². The van der Waals surface area contributed by atoms with Gasteiger partial charge in [-0.25, -0.2) is 8.78 Å². The van der Waals surface area contributed by atoms with E-state index in [9.17, 15) is 13.6 Å². The zero-order valence-corrected chi connectivity index (χ0v) is 10.0. The van der Waals surface area contributed by atoms with Gasteiger partial charge >= 0.3 is 5.97 Å². The van der Waals surface area contributed by atoms with Crippen molar-refractivity contribution in [2.45, 2.75) is 25.8 Å². The number of methoxy groups -OCH3 is 1. The van der Waals surface area contributed by atoms with Crippen molar-refractivity contribution in [3.8, 4) is 0 Å². The van der Waals surface area contributed by atoms with Crippen LogP contribution in [0.2, 0.25) is 0 Å². The van der Waals surface area contributed by atoms with Gasteiger partial charge in [0, 0.05) is 6.54 Å². The number of carbonyl (C=O) groups is 1. The van der Waals surface area contributed by atoms with E-state index in [-0.39, 0.29) is 13.1 Å². The fraction of sp³-hybridized carbons (Fsp3) is 0.900. The first kappa shape index (κ1) is 15.2. The van der Waals surface area contributed by atoms with Crippen molar-refractivity contribution < 1.29 is 18.3 Å². The highest BCUT2D eigenvalue weighted by Gasteiger charge is 2.21. The fourth-order valence-electron chi connectivity index (χ4n) is 1.31. The summed E-state index contributed by atoms with van der Waals surface area (Å²) < 4.78 is 28.8. The van der Waals surface area contributed by atoms with E-state index in [4.69, 9.17) is 0 Å². The predicted octanol–water partition coefficient (Wildman–Crippen LogP) is 0.724. The average Bonchev–Trinajstić information content (AvgIpc) is 2.21. The smallest absolute Gasteiger partial charge is 0.324 e. The number of hydrogen-bond acceptors (Lipinski definition) is 4. The third kappa shape index (κ3) is 6.68. The third-order valence-corrected chi connectivity index (χ3v) is 2.07. The molecule has 0 radical (unpaired) electrons. The highest BCUT2D eigenvalue weighted by atomic mass is 19.3. The van der Waals surface area contributed by atoms with Crippen LogP contribution in [0, 0.1) is 0 Å². The maximum atomic E-state index is 12.1. The van der Waals surface area contributed by atoms with Gasteiger partial charge in [0.1, 0.15) is 6.04 Å². The van der Waals surface area contributed by atoms with Gasteiger partial charge < -0.3 is 10.1 Å². The van der Waals surface area contributed by atoms with Crippen LogP contribution in [0.3, 0.4) is 0 Å². The first-order valence-corrected chi connectivity index (χ1v) is 5.29. The van der Waals surface area contributed by atoms with Gasteiger partial charge in [0.15, 0.2) is 0 Å². The molecule has 0 aliphatic rings. The predicted molar refractivity (Wildman–Crippen MR) is 57.6 cm³/mol. The van der Waals surface area contributed by atoms with E-state index in [1.807, 2.05) is 6.92 Å². The molecule has 1 atom stereocenters.